The predicted octanol–water partition coefficient (Wildman–Crippen LogP) is 14.4. The van der Waals surface area contributed by atoms with Gasteiger partial charge in [0.15, 0.2) is 5.16 Å². The van der Waals surface area contributed by atoms with Gasteiger partial charge in [0, 0.05) is 63.6 Å². The van der Waals surface area contributed by atoms with Crippen molar-refractivity contribution in [1.82, 2.24) is 19.1 Å². The SMILES string of the molecule is c1ccc(S(c2ccccc2)(c2ccccc2)c2ncc3c(n2)sc2cccc(-n4c5ccccc5c5cc(-n6c7ccccc7c7ccccc76)ccc54)c23)cc1. The van der Waals surface area contributed by atoms with Crippen LogP contribution in [0.15, 0.2) is 226 Å². The molecule has 0 amide bonds. The summed E-state index contributed by atoms with van der Waals surface area (Å²) in [6.45, 7) is 0. The summed E-state index contributed by atoms with van der Waals surface area (Å²) in [5.74, 6) is 0. The number of nitrogens with zero attached hydrogens (tertiary/aromatic N) is 4. The van der Waals surface area contributed by atoms with E-state index in [0.717, 1.165) is 32.3 Å². The Morgan fingerprint density at radius 1 is 0.414 bits per heavy atom. The molecule has 6 heteroatoms. The van der Waals surface area contributed by atoms with Crippen LogP contribution in [0.4, 0.5) is 0 Å². The van der Waals surface area contributed by atoms with Crippen molar-refractivity contribution < 1.29 is 0 Å². The summed E-state index contributed by atoms with van der Waals surface area (Å²) in [4.78, 5) is 15.6. The quantitative estimate of drug-likeness (QED) is 0.158. The first-order valence-electron chi connectivity index (χ1n) is 19.5. The zero-order valence-corrected chi connectivity index (χ0v) is 32.9. The molecule has 8 aromatic carbocycles. The number of rotatable bonds is 6. The fraction of sp³-hybridized carbons (Fsp3) is 0. The van der Waals surface area contributed by atoms with Crippen LogP contribution >= 0.6 is 21.4 Å². The Bertz CT molecular complexity index is 3360. The van der Waals surface area contributed by atoms with Crippen LogP contribution in [0.2, 0.25) is 0 Å². The standard InChI is InChI=1S/C52H34N4S2/c1-4-17-36(18-5-1)58(37-19-6-2-7-20-37,38-21-8-3-9-22-38)52-53-34-43-50-48(29-16-30-49(50)57-51(43)54-52)56-46-28-15-12-25-41(46)42-33-35(31-32-47(42)56)55-44-26-13-10-23-39(44)40-24-11-14-27-45(40)55/h1-34H. The molecule has 4 nitrogen and oxygen atoms in total. The Hall–Kier alpha value is -6.99. The summed E-state index contributed by atoms with van der Waals surface area (Å²) in [6.07, 6.45) is 2.09. The predicted molar refractivity (Wildman–Crippen MR) is 244 cm³/mol. The van der Waals surface area contributed by atoms with Crippen molar-refractivity contribution in [3.8, 4) is 11.4 Å². The fourth-order valence-corrected chi connectivity index (χ4v) is 13.8. The van der Waals surface area contributed by atoms with E-state index in [2.05, 4.69) is 216 Å². The fourth-order valence-electron chi connectivity index (χ4n) is 9.07. The van der Waals surface area contributed by atoms with E-state index in [1.165, 1.54) is 62.9 Å². The third kappa shape index (κ3) is 4.76. The molecule has 0 unspecified atom stereocenters. The number of benzene rings is 8. The van der Waals surface area contributed by atoms with E-state index in [-0.39, 0.29) is 0 Å². The van der Waals surface area contributed by atoms with Crippen LogP contribution in [-0.2, 0) is 0 Å². The highest BCUT2D eigenvalue weighted by Crippen LogP contribution is 2.72. The molecule has 0 bridgehead atoms. The largest absolute Gasteiger partial charge is 0.309 e. The van der Waals surface area contributed by atoms with Crippen LogP contribution in [0.3, 0.4) is 0 Å². The van der Waals surface area contributed by atoms with Crippen LogP contribution in [0, 0.1) is 0 Å². The van der Waals surface area contributed by atoms with Gasteiger partial charge >= 0.3 is 0 Å². The third-order valence-electron chi connectivity index (χ3n) is 11.5. The second-order valence-electron chi connectivity index (χ2n) is 14.6. The number of thiophene rings is 1. The summed E-state index contributed by atoms with van der Waals surface area (Å²) < 4.78 is 6.03. The van der Waals surface area contributed by atoms with E-state index in [4.69, 9.17) is 9.97 Å². The molecule has 0 aliphatic carbocycles. The van der Waals surface area contributed by atoms with Crippen LogP contribution in [-0.4, -0.2) is 19.1 Å². The zero-order chi connectivity index (χ0) is 38.2. The molecular formula is C52H34N4S2. The average molecular weight is 779 g/mol. The zero-order valence-electron chi connectivity index (χ0n) is 31.2. The minimum Gasteiger partial charge on any atom is -0.309 e. The molecule has 0 N–H and O–H groups in total. The Kier molecular flexibility index (Phi) is 7.45. The number of aromatic nitrogens is 4. The number of fused-ring (bicyclic) bond motifs is 9. The van der Waals surface area contributed by atoms with Crippen molar-refractivity contribution in [2.24, 2.45) is 0 Å². The summed E-state index contributed by atoms with van der Waals surface area (Å²) in [5, 5.41) is 8.03. The molecule has 0 saturated carbocycles. The molecule has 58 heavy (non-hydrogen) atoms. The molecule has 274 valence electrons. The second kappa shape index (κ2) is 13.0. The lowest BCUT2D eigenvalue weighted by Crippen LogP contribution is -2.08. The molecule has 0 aliphatic rings. The van der Waals surface area contributed by atoms with Gasteiger partial charge < -0.3 is 9.13 Å². The first kappa shape index (κ1) is 33.2. The maximum Gasteiger partial charge on any atom is 0.183 e. The average Bonchev–Trinajstić information content (AvgIpc) is 3.95. The summed E-state index contributed by atoms with van der Waals surface area (Å²) >= 11 is 1.75. The lowest BCUT2D eigenvalue weighted by atomic mass is 10.1. The molecule has 0 atom stereocenters. The Labute approximate surface area is 340 Å². The third-order valence-corrected chi connectivity index (χ3v) is 16.3. The smallest absolute Gasteiger partial charge is 0.183 e. The van der Waals surface area contributed by atoms with E-state index >= 15 is 0 Å². The van der Waals surface area contributed by atoms with Gasteiger partial charge in [-0.15, -0.1) is 11.3 Å². The van der Waals surface area contributed by atoms with E-state index in [9.17, 15) is 0 Å². The summed E-state index contributed by atoms with van der Waals surface area (Å²) in [7, 11) is -2.02. The Morgan fingerprint density at radius 3 is 1.50 bits per heavy atom. The topological polar surface area (TPSA) is 35.6 Å². The van der Waals surface area contributed by atoms with Crippen LogP contribution in [0.25, 0.3) is 75.3 Å². The van der Waals surface area contributed by atoms with Crippen molar-refractivity contribution >= 4 is 85.3 Å². The summed E-state index contributed by atoms with van der Waals surface area (Å²) in [6, 6.07) is 72.3. The van der Waals surface area contributed by atoms with Crippen molar-refractivity contribution in [3.63, 3.8) is 0 Å². The van der Waals surface area contributed by atoms with Crippen molar-refractivity contribution in [1.29, 1.82) is 0 Å². The number of para-hydroxylation sites is 3. The van der Waals surface area contributed by atoms with Gasteiger partial charge in [0.25, 0.3) is 0 Å². The van der Waals surface area contributed by atoms with Gasteiger partial charge in [0.1, 0.15) is 4.83 Å². The monoisotopic (exact) mass is 778 g/mol. The van der Waals surface area contributed by atoms with E-state index in [1.807, 2.05) is 0 Å². The molecule has 0 radical (unpaired) electrons. The van der Waals surface area contributed by atoms with Crippen molar-refractivity contribution in [2.75, 3.05) is 0 Å². The van der Waals surface area contributed by atoms with Gasteiger partial charge in [0.2, 0.25) is 0 Å². The van der Waals surface area contributed by atoms with Gasteiger partial charge in [-0.2, -0.15) is 0 Å². The molecule has 4 heterocycles. The highest BCUT2D eigenvalue weighted by Gasteiger charge is 2.36. The molecule has 12 rings (SSSR count). The van der Waals surface area contributed by atoms with Crippen LogP contribution in [0.5, 0.6) is 0 Å². The van der Waals surface area contributed by atoms with Crippen molar-refractivity contribution in [3.05, 3.63) is 206 Å². The minimum atomic E-state index is -2.02. The van der Waals surface area contributed by atoms with Gasteiger partial charge in [-0.3, -0.25) is 0 Å². The number of hydrogen-bond donors (Lipinski definition) is 0. The Morgan fingerprint density at radius 2 is 0.914 bits per heavy atom. The lowest BCUT2D eigenvalue weighted by Gasteiger charge is -2.39. The van der Waals surface area contributed by atoms with Gasteiger partial charge in [-0.05, 0) is 84.9 Å². The first-order chi connectivity index (χ1) is 28.8. The lowest BCUT2D eigenvalue weighted by molar-refractivity contribution is 0.978. The van der Waals surface area contributed by atoms with Gasteiger partial charge in [0.05, 0.1) is 27.8 Å². The molecule has 0 aliphatic heterocycles. The van der Waals surface area contributed by atoms with Crippen LogP contribution < -0.4 is 0 Å². The highest BCUT2D eigenvalue weighted by molar-refractivity contribution is 8.33. The second-order valence-corrected chi connectivity index (χ2v) is 18.6. The number of hydrogen-bond acceptors (Lipinski definition) is 3. The summed E-state index contributed by atoms with van der Waals surface area (Å²) in [5.41, 5.74) is 7.02. The Balaban J connectivity index is 1.09. The highest BCUT2D eigenvalue weighted by atomic mass is 32.3. The molecule has 12 aromatic rings. The molecule has 0 spiro atoms. The van der Waals surface area contributed by atoms with E-state index in [0.29, 0.717) is 0 Å². The van der Waals surface area contributed by atoms with Gasteiger partial charge in [-0.1, -0.05) is 125 Å². The molecule has 4 aromatic heterocycles. The van der Waals surface area contributed by atoms with Gasteiger partial charge in [-0.25, -0.2) is 9.97 Å². The minimum absolute atomic E-state index is 0.839. The van der Waals surface area contributed by atoms with E-state index < -0.39 is 10.0 Å². The first-order valence-corrected chi connectivity index (χ1v) is 21.9. The van der Waals surface area contributed by atoms with Crippen molar-refractivity contribution in [2.45, 2.75) is 19.8 Å². The van der Waals surface area contributed by atoms with Crippen LogP contribution in [0.1, 0.15) is 0 Å². The maximum absolute atomic E-state index is 5.58. The molecule has 0 saturated heterocycles. The normalized spacial score (nSPS) is 12.4. The maximum atomic E-state index is 5.58. The van der Waals surface area contributed by atoms with E-state index in [1.54, 1.807) is 11.3 Å². The molecular weight excluding hydrogens is 745 g/mol. The molecule has 0 fully saturated rings.